The fourth-order valence-corrected chi connectivity index (χ4v) is 4.65. The highest BCUT2D eigenvalue weighted by molar-refractivity contribution is 7.16. The smallest absolute Gasteiger partial charge is 0.407 e. The van der Waals surface area contributed by atoms with Crippen LogP contribution in [0.2, 0.25) is 0 Å². The second kappa shape index (κ2) is 8.17. The number of nitrogens with one attached hydrogen (secondary N) is 2. The van der Waals surface area contributed by atoms with E-state index in [0.29, 0.717) is 29.8 Å². The van der Waals surface area contributed by atoms with Gasteiger partial charge in [-0.2, -0.15) is 5.26 Å². The summed E-state index contributed by atoms with van der Waals surface area (Å²) in [6.07, 6.45) is 4.41. The van der Waals surface area contributed by atoms with E-state index in [-0.39, 0.29) is 12.0 Å². The molecule has 134 valence electrons. The first-order valence-corrected chi connectivity index (χ1v) is 9.76. The molecule has 6 nitrogen and oxygen atoms in total. The molecule has 2 heterocycles. The zero-order chi connectivity index (χ0) is 18.5. The number of fused-ring (bicyclic) bond motifs is 1. The second-order valence-electron chi connectivity index (χ2n) is 5.68. The Hall–Kier alpha value is -2.63. The third kappa shape index (κ3) is 4.12. The van der Waals surface area contributed by atoms with Crippen molar-refractivity contribution in [3.63, 3.8) is 0 Å². The molecule has 0 saturated carbocycles. The van der Waals surface area contributed by atoms with Gasteiger partial charge in [-0.15, -0.1) is 22.7 Å². The maximum absolute atomic E-state index is 12.2. The number of nitrogens with zero attached hydrogens (tertiary/aromatic N) is 1. The molecule has 0 spiro atoms. The lowest BCUT2D eigenvalue weighted by molar-refractivity contribution is -0.111. The summed E-state index contributed by atoms with van der Waals surface area (Å²) in [7, 11) is 1.52. The Morgan fingerprint density at radius 3 is 3.00 bits per heavy atom. The third-order valence-corrected chi connectivity index (χ3v) is 6.00. The minimum absolute atomic E-state index is 0.213. The largest absolute Gasteiger partial charge is 0.446 e. The number of ether oxygens (including phenoxy) is 1. The Balaban J connectivity index is 1.72. The Morgan fingerprint density at radius 2 is 2.31 bits per heavy atom. The number of hydrogen-bond donors (Lipinski definition) is 2. The lowest BCUT2D eigenvalue weighted by atomic mass is 9.94. The van der Waals surface area contributed by atoms with Gasteiger partial charge in [0, 0.05) is 29.3 Å². The minimum Gasteiger partial charge on any atom is -0.446 e. The molecule has 0 bridgehead atoms. The van der Waals surface area contributed by atoms with Gasteiger partial charge in [0.05, 0.1) is 5.56 Å². The van der Waals surface area contributed by atoms with Crippen LogP contribution in [0.1, 0.15) is 27.3 Å². The number of nitriles is 1. The Kier molecular flexibility index (Phi) is 5.71. The number of rotatable bonds is 4. The number of anilines is 1. The van der Waals surface area contributed by atoms with Crippen LogP contribution in [-0.2, 0) is 22.4 Å². The van der Waals surface area contributed by atoms with Crippen molar-refractivity contribution in [2.24, 2.45) is 0 Å². The monoisotopic (exact) mass is 387 g/mol. The molecule has 1 aliphatic rings. The first-order chi connectivity index (χ1) is 12.6. The van der Waals surface area contributed by atoms with Crippen molar-refractivity contribution < 1.29 is 14.3 Å². The van der Waals surface area contributed by atoms with Gasteiger partial charge in [0.15, 0.2) is 0 Å². The van der Waals surface area contributed by atoms with E-state index in [4.69, 9.17) is 4.74 Å². The molecule has 0 radical (unpaired) electrons. The molecule has 2 aromatic heterocycles. The highest BCUT2D eigenvalue weighted by Gasteiger charge is 2.28. The summed E-state index contributed by atoms with van der Waals surface area (Å²) < 4.78 is 5.32. The number of carbonyl (C=O) groups excluding carboxylic acids is 2. The van der Waals surface area contributed by atoms with E-state index >= 15 is 0 Å². The van der Waals surface area contributed by atoms with Gasteiger partial charge in [0.1, 0.15) is 17.2 Å². The van der Waals surface area contributed by atoms with E-state index in [0.717, 1.165) is 15.3 Å². The van der Waals surface area contributed by atoms with Crippen LogP contribution in [0, 0.1) is 11.3 Å². The van der Waals surface area contributed by atoms with Gasteiger partial charge in [-0.3, -0.25) is 4.79 Å². The first kappa shape index (κ1) is 18.2. The summed E-state index contributed by atoms with van der Waals surface area (Å²) in [5.74, 6) is -0.272. The van der Waals surface area contributed by atoms with Crippen LogP contribution in [0.15, 0.2) is 23.6 Å². The molecule has 0 aromatic carbocycles. The summed E-state index contributed by atoms with van der Waals surface area (Å²) in [5, 5.41) is 17.2. The van der Waals surface area contributed by atoms with E-state index in [1.165, 1.54) is 24.5 Å². The number of alkyl carbamates (subject to hydrolysis) is 1. The van der Waals surface area contributed by atoms with Crippen LogP contribution in [0.25, 0.3) is 6.08 Å². The van der Waals surface area contributed by atoms with Crippen LogP contribution < -0.4 is 10.6 Å². The number of amides is 2. The molecule has 2 N–H and O–H groups in total. The molecule has 0 fully saturated rings. The Morgan fingerprint density at radius 1 is 1.46 bits per heavy atom. The van der Waals surface area contributed by atoms with Gasteiger partial charge in [0.2, 0.25) is 5.91 Å². The van der Waals surface area contributed by atoms with Crippen LogP contribution in [-0.4, -0.2) is 25.2 Å². The molecule has 0 saturated heterocycles. The number of carbonyl (C=O) groups is 2. The van der Waals surface area contributed by atoms with Gasteiger partial charge in [-0.05, 0) is 35.9 Å². The highest BCUT2D eigenvalue weighted by Crippen LogP contribution is 2.38. The van der Waals surface area contributed by atoms with Crippen molar-refractivity contribution in [2.75, 3.05) is 12.4 Å². The zero-order valence-corrected chi connectivity index (χ0v) is 15.7. The lowest BCUT2D eigenvalue weighted by Crippen LogP contribution is -2.29. The van der Waals surface area contributed by atoms with E-state index in [1.54, 1.807) is 17.4 Å². The van der Waals surface area contributed by atoms with Gasteiger partial charge >= 0.3 is 6.09 Å². The fraction of sp³-hybridized carbons (Fsp3) is 0.278. The standard InChI is InChI=1S/C18H17N3O3S2/c1-20-18(23)24-11-4-6-13-14(10-19)17(26-15(13)9-11)21-16(22)7-5-12-3-2-8-25-12/h2-3,5,7-8,11H,4,6,9H2,1H3,(H,20,23)(H,21,22)/b7-5+. The van der Waals surface area contributed by atoms with Crippen LogP contribution in [0.4, 0.5) is 9.80 Å². The minimum atomic E-state index is -0.456. The van der Waals surface area contributed by atoms with E-state index in [9.17, 15) is 14.9 Å². The van der Waals surface area contributed by atoms with Crippen LogP contribution in [0.3, 0.4) is 0 Å². The van der Waals surface area contributed by atoms with E-state index in [1.807, 2.05) is 17.5 Å². The van der Waals surface area contributed by atoms with Gasteiger partial charge in [-0.1, -0.05) is 6.07 Å². The molecule has 2 aromatic rings. The molecule has 1 unspecified atom stereocenters. The molecular weight excluding hydrogens is 370 g/mol. The average Bonchev–Trinajstić information content (AvgIpc) is 3.26. The van der Waals surface area contributed by atoms with Crippen LogP contribution >= 0.6 is 22.7 Å². The summed E-state index contributed by atoms with van der Waals surface area (Å²) in [6, 6.07) is 6.04. The van der Waals surface area contributed by atoms with Crippen molar-refractivity contribution >= 4 is 45.8 Å². The first-order valence-electron chi connectivity index (χ1n) is 8.06. The van der Waals surface area contributed by atoms with Crippen molar-refractivity contribution in [1.82, 2.24) is 5.32 Å². The molecule has 8 heteroatoms. The SMILES string of the molecule is CNC(=O)OC1CCc2c(sc(NC(=O)/C=C/c3cccs3)c2C#N)C1. The van der Waals surface area contributed by atoms with Crippen molar-refractivity contribution in [3.05, 3.63) is 44.5 Å². The third-order valence-electron chi connectivity index (χ3n) is 3.99. The fourth-order valence-electron chi connectivity index (χ4n) is 2.77. The number of hydrogen-bond acceptors (Lipinski definition) is 6. The van der Waals surface area contributed by atoms with Gasteiger partial charge < -0.3 is 15.4 Å². The Labute approximate surface area is 159 Å². The predicted octanol–water partition coefficient (Wildman–Crippen LogP) is 3.55. The molecule has 0 aliphatic heterocycles. The molecule has 1 aliphatic carbocycles. The summed E-state index contributed by atoms with van der Waals surface area (Å²) >= 11 is 2.92. The van der Waals surface area contributed by atoms with Crippen molar-refractivity contribution in [2.45, 2.75) is 25.4 Å². The predicted molar refractivity (Wildman–Crippen MR) is 102 cm³/mol. The van der Waals surface area contributed by atoms with Crippen molar-refractivity contribution in [1.29, 1.82) is 5.26 Å². The topological polar surface area (TPSA) is 91.2 Å². The highest BCUT2D eigenvalue weighted by atomic mass is 32.1. The molecular formula is C18H17N3O3S2. The molecule has 1 atom stereocenters. The van der Waals surface area contributed by atoms with E-state index in [2.05, 4.69) is 16.7 Å². The molecule has 3 rings (SSSR count). The van der Waals surface area contributed by atoms with Crippen LogP contribution in [0.5, 0.6) is 0 Å². The van der Waals surface area contributed by atoms with Gasteiger partial charge in [0.25, 0.3) is 0 Å². The normalized spacial score (nSPS) is 15.9. The second-order valence-corrected chi connectivity index (χ2v) is 7.76. The van der Waals surface area contributed by atoms with Crippen molar-refractivity contribution in [3.8, 4) is 6.07 Å². The Bertz CT molecular complexity index is 878. The summed E-state index contributed by atoms with van der Waals surface area (Å²) in [6.45, 7) is 0. The molecule has 26 heavy (non-hydrogen) atoms. The van der Waals surface area contributed by atoms with E-state index < -0.39 is 6.09 Å². The maximum atomic E-state index is 12.2. The maximum Gasteiger partial charge on any atom is 0.407 e. The summed E-state index contributed by atoms with van der Waals surface area (Å²) in [4.78, 5) is 25.5. The average molecular weight is 387 g/mol. The number of thiophene rings is 2. The zero-order valence-electron chi connectivity index (χ0n) is 14.1. The summed E-state index contributed by atoms with van der Waals surface area (Å²) in [5.41, 5.74) is 1.47. The van der Waals surface area contributed by atoms with Gasteiger partial charge in [-0.25, -0.2) is 4.79 Å². The quantitative estimate of drug-likeness (QED) is 0.785. The molecule has 2 amide bonds. The lowest BCUT2D eigenvalue weighted by Gasteiger charge is -2.22.